The summed E-state index contributed by atoms with van der Waals surface area (Å²) in [5.41, 5.74) is 2.92. The predicted molar refractivity (Wildman–Crippen MR) is 81.1 cm³/mol. The fourth-order valence-corrected chi connectivity index (χ4v) is 3.95. The van der Waals surface area contributed by atoms with Crippen LogP contribution in [-0.2, 0) is 4.93 Å². The number of fused-ring (bicyclic) bond motifs is 3. The summed E-state index contributed by atoms with van der Waals surface area (Å²) >= 11 is 1.49. The minimum Gasteiger partial charge on any atom is -0.370 e. The number of hydrogen-bond acceptors (Lipinski definition) is 2. The van der Waals surface area contributed by atoms with Crippen molar-refractivity contribution in [2.75, 3.05) is 0 Å². The van der Waals surface area contributed by atoms with E-state index in [-0.39, 0.29) is 0 Å². The molecule has 3 heteroatoms. The molecule has 1 aromatic heterocycles. The highest BCUT2D eigenvalue weighted by atomic mass is 32.2. The number of rotatable bonds is 1. The first kappa shape index (κ1) is 11.8. The predicted octanol–water partition coefficient (Wildman–Crippen LogP) is 3.78. The first-order chi connectivity index (χ1) is 9.79. The van der Waals surface area contributed by atoms with Gasteiger partial charge in [0.05, 0.1) is 11.4 Å². The van der Waals surface area contributed by atoms with E-state index in [1.54, 1.807) is 0 Å². The summed E-state index contributed by atoms with van der Waals surface area (Å²) in [5.74, 6) is 0. The van der Waals surface area contributed by atoms with Gasteiger partial charge >= 0.3 is 0 Å². The average molecular weight is 279 g/mol. The molecule has 2 aromatic carbocycles. The molecule has 3 aromatic rings. The molecule has 98 valence electrons. The molecular formula is C17H13NOS. The highest BCUT2D eigenvalue weighted by Gasteiger charge is 2.39. The van der Waals surface area contributed by atoms with Crippen LogP contribution in [-0.4, -0.2) is 9.67 Å². The van der Waals surface area contributed by atoms with Crippen molar-refractivity contribution >= 4 is 11.8 Å². The molecule has 4 rings (SSSR count). The average Bonchev–Trinajstić information content (AvgIpc) is 2.99. The Morgan fingerprint density at radius 3 is 2.45 bits per heavy atom. The Balaban J connectivity index is 1.98. The zero-order valence-corrected chi connectivity index (χ0v) is 11.5. The smallest absolute Gasteiger partial charge is 0.181 e. The fraction of sp³-hybridized carbons (Fsp3) is 0.0588. The Kier molecular flexibility index (Phi) is 2.52. The van der Waals surface area contributed by atoms with Gasteiger partial charge in [-0.05, 0) is 24.3 Å². The third-order valence-corrected chi connectivity index (χ3v) is 4.95. The molecule has 0 radical (unpaired) electrons. The van der Waals surface area contributed by atoms with Crippen LogP contribution in [0.4, 0.5) is 0 Å². The molecule has 0 saturated heterocycles. The van der Waals surface area contributed by atoms with Gasteiger partial charge in [0.15, 0.2) is 4.93 Å². The third kappa shape index (κ3) is 1.57. The SMILES string of the molecule is O[C@]1(c2ccccc2)Sc2ccccc2-n2cccc21. The summed E-state index contributed by atoms with van der Waals surface area (Å²) < 4.78 is 2.07. The molecule has 1 aliphatic rings. The van der Waals surface area contributed by atoms with Crippen molar-refractivity contribution in [3.8, 4) is 5.69 Å². The Morgan fingerprint density at radius 2 is 1.60 bits per heavy atom. The molecule has 0 spiro atoms. The molecule has 20 heavy (non-hydrogen) atoms. The maximum Gasteiger partial charge on any atom is 0.181 e. The lowest BCUT2D eigenvalue weighted by Crippen LogP contribution is -2.29. The van der Waals surface area contributed by atoms with Crippen LogP contribution in [0.5, 0.6) is 0 Å². The van der Waals surface area contributed by atoms with Crippen LogP contribution in [0.1, 0.15) is 11.3 Å². The Bertz CT molecular complexity index is 765. The number of thioether (sulfide) groups is 1. The summed E-state index contributed by atoms with van der Waals surface area (Å²) in [6, 6.07) is 21.9. The summed E-state index contributed by atoms with van der Waals surface area (Å²) in [4.78, 5) is 0.0432. The van der Waals surface area contributed by atoms with Gasteiger partial charge in [0.25, 0.3) is 0 Å². The van der Waals surface area contributed by atoms with E-state index in [0.29, 0.717) is 0 Å². The van der Waals surface area contributed by atoms with E-state index in [1.807, 2.05) is 60.8 Å². The zero-order chi connectivity index (χ0) is 13.6. The monoisotopic (exact) mass is 279 g/mol. The summed E-state index contributed by atoms with van der Waals surface area (Å²) in [5, 5.41) is 11.3. The minimum atomic E-state index is -1.04. The summed E-state index contributed by atoms with van der Waals surface area (Å²) in [6.45, 7) is 0. The van der Waals surface area contributed by atoms with E-state index in [4.69, 9.17) is 0 Å². The topological polar surface area (TPSA) is 25.2 Å². The van der Waals surface area contributed by atoms with Crippen molar-refractivity contribution in [2.24, 2.45) is 0 Å². The van der Waals surface area contributed by atoms with Gasteiger partial charge in [0.2, 0.25) is 0 Å². The molecule has 0 unspecified atom stereocenters. The van der Waals surface area contributed by atoms with Crippen LogP contribution in [0.2, 0.25) is 0 Å². The minimum absolute atomic E-state index is 0.896. The fourth-order valence-electron chi connectivity index (χ4n) is 2.69. The van der Waals surface area contributed by atoms with Crippen molar-refractivity contribution < 1.29 is 5.11 Å². The second-order valence-electron chi connectivity index (χ2n) is 4.84. The summed E-state index contributed by atoms with van der Waals surface area (Å²) in [7, 11) is 0. The molecule has 0 aliphatic carbocycles. The van der Waals surface area contributed by atoms with Gasteiger partial charge in [-0.2, -0.15) is 0 Å². The maximum atomic E-state index is 11.3. The van der Waals surface area contributed by atoms with E-state index in [2.05, 4.69) is 16.7 Å². The highest BCUT2D eigenvalue weighted by Crippen LogP contribution is 2.50. The van der Waals surface area contributed by atoms with Crippen molar-refractivity contribution in [1.82, 2.24) is 4.57 Å². The lowest BCUT2D eigenvalue weighted by atomic mass is 10.1. The van der Waals surface area contributed by atoms with Gasteiger partial charge in [0.1, 0.15) is 0 Å². The van der Waals surface area contributed by atoms with Gasteiger partial charge < -0.3 is 9.67 Å². The molecule has 0 amide bonds. The van der Waals surface area contributed by atoms with Crippen LogP contribution in [0.3, 0.4) is 0 Å². The second kappa shape index (κ2) is 4.27. The lowest BCUT2D eigenvalue weighted by molar-refractivity contribution is 0.172. The van der Waals surface area contributed by atoms with Crippen LogP contribution in [0, 0.1) is 0 Å². The number of benzene rings is 2. The molecule has 0 bridgehead atoms. The second-order valence-corrected chi connectivity index (χ2v) is 6.08. The van der Waals surface area contributed by atoms with Gasteiger partial charge in [-0.25, -0.2) is 0 Å². The number of aromatic nitrogens is 1. The number of nitrogens with zero attached hydrogens (tertiary/aromatic N) is 1. The number of hydrogen-bond donors (Lipinski definition) is 1. The van der Waals surface area contributed by atoms with Gasteiger partial charge in [-0.1, -0.05) is 54.2 Å². The largest absolute Gasteiger partial charge is 0.370 e. The molecule has 2 heterocycles. The first-order valence-corrected chi connectivity index (χ1v) is 7.35. The van der Waals surface area contributed by atoms with Crippen LogP contribution in [0.25, 0.3) is 5.69 Å². The van der Waals surface area contributed by atoms with E-state index in [1.165, 1.54) is 11.8 Å². The molecule has 2 nitrogen and oxygen atoms in total. The molecular weight excluding hydrogens is 266 g/mol. The number of para-hydroxylation sites is 1. The molecule has 0 fully saturated rings. The quantitative estimate of drug-likeness (QED) is 0.733. The standard InChI is InChI=1S/C17H13NOS/c19-17(13-7-2-1-3-8-13)16-11-6-12-18(16)14-9-4-5-10-15(14)20-17/h1-12,19H/t17-/m1/s1. The van der Waals surface area contributed by atoms with Crippen LogP contribution >= 0.6 is 11.8 Å². The molecule has 0 saturated carbocycles. The van der Waals surface area contributed by atoms with E-state index < -0.39 is 4.93 Å². The lowest BCUT2D eigenvalue weighted by Gasteiger charge is -2.34. The molecule has 1 N–H and O–H groups in total. The third-order valence-electron chi connectivity index (χ3n) is 3.64. The molecule has 1 aliphatic heterocycles. The normalized spacial score (nSPS) is 20.2. The van der Waals surface area contributed by atoms with E-state index in [0.717, 1.165) is 21.8 Å². The Labute approximate surface area is 121 Å². The van der Waals surface area contributed by atoms with E-state index in [9.17, 15) is 5.11 Å². The van der Waals surface area contributed by atoms with Gasteiger partial charge in [-0.3, -0.25) is 0 Å². The van der Waals surface area contributed by atoms with Gasteiger partial charge in [-0.15, -0.1) is 0 Å². The molecule has 1 atom stereocenters. The van der Waals surface area contributed by atoms with Gasteiger partial charge in [0, 0.05) is 16.7 Å². The van der Waals surface area contributed by atoms with Crippen LogP contribution in [0.15, 0.2) is 77.8 Å². The zero-order valence-electron chi connectivity index (χ0n) is 10.7. The Hall–Kier alpha value is -1.97. The first-order valence-electron chi connectivity index (χ1n) is 6.53. The van der Waals surface area contributed by atoms with E-state index >= 15 is 0 Å². The summed E-state index contributed by atoms with van der Waals surface area (Å²) in [6.07, 6.45) is 2.00. The van der Waals surface area contributed by atoms with Crippen LogP contribution < -0.4 is 0 Å². The number of aliphatic hydroxyl groups is 1. The van der Waals surface area contributed by atoms with Crippen molar-refractivity contribution in [3.05, 3.63) is 84.2 Å². The Morgan fingerprint density at radius 1 is 0.850 bits per heavy atom. The van der Waals surface area contributed by atoms with Crippen molar-refractivity contribution in [3.63, 3.8) is 0 Å². The van der Waals surface area contributed by atoms with Crippen molar-refractivity contribution in [1.29, 1.82) is 0 Å². The maximum absolute atomic E-state index is 11.3. The highest BCUT2D eigenvalue weighted by molar-refractivity contribution is 8.00. The van der Waals surface area contributed by atoms with Crippen molar-refractivity contribution in [2.45, 2.75) is 9.83 Å².